The predicted octanol–water partition coefficient (Wildman–Crippen LogP) is 2.42. The van der Waals surface area contributed by atoms with Crippen LogP contribution in [0.5, 0.6) is 17.5 Å². The van der Waals surface area contributed by atoms with Crippen molar-refractivity contribution in [2.45, 2.75) is 0 Å². The van der Waals surface area contributed by atoms with Gasteiger partial charge in [0, 0.05) is 14.1 Å². The van der Waals surface area contributed by atoms with Crippen molar-refractivity contribution in [3.63, 3.8) is 0 Å². The zero-order chi connectivity index (χ0) is 17.5. The van der Waals surface area contributed by atoms with Gasteiger partial charge in [-0.1, -0.05) is 12.1 Å². The normalized spacial score (nSPS) is 10.5. The summed E-state index contributed by atoms with van der Waals surface area (Å²) in [6, 6.07) is 6.13. The first-order valence-corrected chi connectivity index (χ1v) is 6.75. The van der Waals surface area contributed by atoms with E-state index in [1.165, 1.54) is 19.5 Å². The van der Waals surface area contributed by atoms with Gasteiger partial charge in [0.1, 0.15) is 0 Å². The number of hydrogen-bond donors (Lipinski definition) is 0. The Labute approximate surface area is 137 Å². The fourth-order valence-corrected chi connectivity index (χ4v) is 1.54. The minimum Gasteiger partial charge on any atom is -0.493 e. The molecule has 0 radical (unpaired) electrons. The molecule has 0 amide bonds. The smallest absolute Gasteiger partial charge is 0.493 e. The molecule has 2 rings (SSSR count). The van der Waals surface area contributed by atoms with Gasteiger partial charge in [0.25, 0.3) is 0 Å². The molecule has 24 heavy (non-hydrogen) atoms. The van der Waals surface area contributed by atoms with Gasteiger partial charge >= 0.3 is 12.2 Å². The fourth-order valence-electron chi connectivity index (χ4n) is 1.54. The van der Waals surface area contributed by atoms with Crippen LogP contribution in [0, 0.1) is 5.82 Å². The maximum absolute atomic E-state index is 13.6. The SMILES string of the molecule is COc1ccccc1OC(=O)Oc1ncc(F)c(N=CN(C)C)n1. The lowest BCUT2D eigenvalue weighted by Crippen LogP contribution is -2.16. The quantitative estimate of drug-likeness (QED) is 0.359. The summed E-state index contributed by atoms with van der Waals surface area (Å²) < 4.78 is 28.4. The number of nitrogens with zero attached hydrogens (tertiary/aromatic N) is 4. The summed E-state index contributed by atoms with van der Waals surface area (Å²) in [6.07, 6.45) is 1.11. The van der Waals surface area contributed by atoms with Crippen molar-refractivity contribution in [2.24, 2.45) is 4.99 Å². The second-order valence-electron chi connectivity index (χ2n) is 4.64. The Morgan fingerprint density at radius 3 is 2.62 bits per heavy atom. The van der Waals surface area contributed by atoms with E-state index < -0.39 is 12.0 Å². The Balaban J connectivity index is 2.10. The van der Waals surface area contributed by atoms with Gasteiger partial charge < -0.3 is 19.1 Å². The van der Waals surface area contributed by atoms with Crippen molar-refractivity contribution in [1.29, 1.82) is 0 Å². The first-order valence-electron chi connectivity index (χ1n) is 6.75. The summed E-state index contributed by atoms with van der Waals surface area (Å²) in [5.74, 6) is -0.499. The van der Waals surface area contributed by atoms with E-state index in [0.717, 1.165) is 6.20 Å². The molecule has 0 atom stereocenters. The van der Waals surface area contributed by atoms with E-state index in [2.05, 4.69) is 15.0 Å². The molecule has 0 saturated heterocycles. The molecule has 0 saturated carbocycles. The molecule has 0 aliphatic carbocycles. The maximum atomic E-state index is 13.6. The number of ether oxygens (including phenoxy) is 3. The highest BCUT2D eigenvalue weighted by Gasteiger charge is 2.15. The Bertz CT molecular complexity index is 752. The van der Waals surface area contributed by atoms with Crippen LogP contribution in [-0.4, -0.2) is 48.6 Å². The molecule has 0 bridgehead atoms. The van der Waals surface area contributed by atoms with Gasteiger partial charge in [-0.3, -0.25) is 0 Å². The first-order chi connectivity index (χ1) is 11.5. The number of aromatic nitrogens is 2. The molecule has 0 unspecified atom stereocenters. The van der Waals surface area contributed by atoms with Crippen molar-refractivity contribution in [3.8, 4) is 17.5 Å². The first kappa shape index (κ1) is 17.1. The lowest BCUT2D eigenvalue weighted by atomic mass is 10.3. The topological polar surface area (TPSA) is 86.1 Å². The highest BCUT2D eigenvalue weighted by molar-refractivity contribution is 5.67. The van der Waals surface area contributed by atoms with Crippen LogP contribution in [0.15, 0.2) is 35.5 Å². The van der Waals surface area contributed by atoms with E-state index in [-0.39, 0.29) is 17.6 Å². The number of para-hydroxylation sites is 2. The van der Waals surface area contributed by atoms with Crippen molar-refractivity contribution in [2.75, 3.05) is 21.2 Å². The maximum Gasteiger partial charge on any atom is 0.522 e. The molecular weight excluding hydrogens is 319 g/mol. The molecule has 0 aliphatic rings. The number of hydrogen-bond acceptors (Lipinski definition) is 7. The highest BCUT2D eigenvalue weighted by Crippen LogP contribution is 2.26. The number of aliphatic imine (C=N–C) groups is 1. The van der Waals surface area contributed by atoms with Crippen molar-refractivity contribution < 1.29 is 23.4 Å². The zero-order valence-electron chi connectivity index (χ0n) is 13.3. The molecule has 0 spiro atoms. The molecule has 0 N–H and O–H groups in total. The predicted molar refractivity (Wildman–Crippen MR) is 83.5 cm³/mol. The second-order valence-corrected chi connectivity index (χ2v) is 4.64. The summed E-state index contributed by atoms with van der Waals surface area (Å²) in [6.45, 7) is 0. The lowest BCUT2D eigenvalue weighted by Gasteiger charge is -2.08. The minimum atomic E-state index is -1.09. The van der Waals surface area contributed by atoms with Gasteiger partial charge in [-0.2, -0.15) is 4.98 Å². The van der Waals surface area contributed by atoms with Crippen LogP contribution in [-0.2, 0) is 0 Å². The van der Waals surface area contributed by atoms with Crippen molar-refractivity contribution in [3.05, 3.63) is 36.3 Å². The van der Waals surface area contributed by atoms with Crippen LogP contribution in [0.4, 0.5) is 15.0 Å². The number of methoxy groups -OCH3 is 1. The standard InChI is InChI=1S/C15H15FN4O4/c1-20(2)9-18-13-10(16)8-17-14(19-13)24-15(21)23-12-7-5-4-6-11(12)22-3/h4-9H,1-3H3. The summed E-state index contributed by atoms with van der Waals surface area (Å²) in [7, 11) is 4.86. The molecule has 9 heteroatoms. The summed E-state index contributed by atoms with van der Waals surface area (Å²) >= 11 is 0. The van der Waals surface area contributed by atoms with E-state index >= 15 is 0 Å². The summed E-state index contributed by atoms with van der Waals surface area (Å²) in [5, 5.41) is 0. The van der Waals surface area contributed by atoms with E-state index in [9.17, 15) is 9.18 Å². The number of rotatable bonds is 5. The largest absolute Gasteiger partial charge is 0.522 e. The Kier molecular flexibility index (Phi) is 5.61. The Hall–Kier alpha value is -3.23. The Morgan fingerprint density at radius 1 is 1.25 bits per heavy atom. The molecule has 2 aromatic rings. The highest BCUT2D eigenvalue weighted by atomic mass is 19.1. The van der Waals surface area contributed by atoms with Crippen LogP contribution in [0.25, 0.3) is 0 Å². The monoisotopic (exact) mass is 334 g/mol. The second kappa shape index (κ2) is 7.86. The zero-order valence-corrected chi connectivity index (χ0v) is 13.3. The van der Waals surface area contributed by atoms with Crippen molar-refractivity contribution >= 4 is 18.3 Å². The van der Waals surface area contributed by atoms with Crippen LogP contribution in [0.2, 0.25) is 0 Å². The van der Waals surface area contributed by atoms with Crippen LogP contribution < -0.4 is 14.2 Å². The number of benzene rings is 1. The third-order valence-corrected chi connectivity index (χ3v) is 2.55. The number of carbonyl (C=O) groups is 1. The molecule has 8 nitrogen and oxygen atoms in total. The minimum absolute atomic E-state index is 0.165. The third-order valence-electron chi connectivity index (χ3n) is 2.55. The van der Waals surface area contributed by atoms with Crippen LogP contribution >= 0.6 is 0 Å². The lowest BCUT2D eigenvalue weighted by molar-refractivity contribution is 0.146. The molecule has 126 valence electrons. The number of halogens is 1. The fraction of sp³-hybridized carbons (Fsp3) is 0.200. The van der Waals surface area contributed by atoms with E-state index in [4.69, 9.17) is 14.2 Å². The van der Waals surface area contributed by atoms with Gasteiger partial charge in [-0.25, -0.2) is 19.2 Å². The van der Waals surface area contributed by atoms with Gasteiger partial charge in [-0.05, 0) is 12.1 Å². The van der Waals surface area contributed by atoms with Gasteiger partial charge in [-0.15, -0.1) is 0 Å². The van der Waals surface area contributed by atoms with Crippen LogP contribution in [0.3, 0.4) is 0 Å². The third kappa shape index (κ3) is 4.63. The summed E-state index contributed by atoms with van der Waals surface area (Å²) in [5.41, 5.74) is 0. The molecule has 0 aliphatic heterocycles. The molecule has 1 aromatic carbocycles. The van der Waals surface area contributed by atoms with Crippen LogP contribution in [0.1, 0.15) is 0 Å². The Morgan fingerprint density at radius 2 is 1.96 bits per heavy atom. The molecule has 0 fully saturated rings. The van der Waals surface area contributed by atoms with Gasteiger partial charge in [0.2, 0.25) is 0 Å². The molecule has 1 heterocycles. The van der Waals surface area contributed by atoms with Gasteiger partial charge in [0.05, 0.1) is 19.6 Å². The average Bonchev–Trinajstić information content (AvgIpc) is 2.55. The van der Waals surface area contributed by atoms with E-state index in [1.54, 1.807) is 37.2 Å². The summed E-state index contributed by atoms with van der Waals surface area (Å²) in [4.78, 5) is 24.5. The van der Waals surface area contributed by atoms with E-state index in [1.807, 2.05) is 0 Å². The van der Waals surface area contributed by atoms with Crippen molar-refractivity contribution in [1.82, 2.24) is 14.9 Å². The average molecular weight is 334 g/mol. The van der Waals surface area contributed by atoms with Gasteiger partial charge in [0.15, 0.2) is 23.1 Å². The number of carbonyl (C=O) groups excluding carboxylic acids is 1. The molecule has 1 aromatic heterocycles. The van der Waals surface area contributed by atoms with E-state index in [0.29, 0.717) is 5.75 Å². The molecular formula is C15H15FN4O4.